The highest BCUT2D eigenvalue weighted by atomic mass is 35.5. The van der Waals surface area contributed by atoms with Gasteiger partial charge in [-0.25, -0.2) is 18.6 Å². The summed E-state index contributed by atoms with van der Waals surface area (Å²) in [5, 5.41) is 0.583. The summed E-state index contributed by atoms with van der Waals surface area (Å²) in [7, 11) is 0. The van der Waals surface area contributed by atoms with Crippen LogP contribution >= 0.6 is 11.6 Å². The third kappa shape index (κ3) is 3.44. The summed E-state index contributed by atoms with van der Waals surface area (Å²) in [6.45, 7) is -0.347. The lowest BCUT2D eigenvalue weighted by Gasteiger charge is -2.04. The van der Waals surface area contributed by atoms with Gasteiger partial charge in [-0.15, -0.1) is 0 Å². The molecule has 3 aromatic rings. The SMILES string of the molecule is O=C(OCc1ncc(-c2ccc(Cl)cc2)o1)c1c(F)cccc1F. The Kier molecular flexibility index (Phi) is 4.57. The van der Waals surface area contributed by atoms with Crippen LogP contribution in [-0.2, 0) is 11.3 Å². The summed E-state index contributed by atoms with van der Waals surface area (Å²) in [6, 6.07) is 9.99. The Bertz CT molecular complexity index is 858. The largest absolute Gasteiger partial charge is 0.452 e. The quantitative estimate of drug-likeness (QED) is 0.644. The minimum absolute atomic E-state index is 0.102. The molecule has 7 heteroatoms. The molecule has 0 saturated carbocycles. The summed E-state index contributed by atoms with van der Waals surface area (Å²) in [6.07, 6.45) is 1.45. The fraction of sp³-hybridized carbons (Fsp3) is 0.0588. The van der Waals surface area contributed by atoms with E-state index in [9.17, 15) is 13.6 Å². The van der Waals surface area contributed by atoms with Gasteiger partial charge in [-0.1, -0.05) is 17.7 Å². The maximum Gasteiger partial charge on any atom is 0.344 e. The number of hydrogen-bond acceptors (Lipinski definition) is 4. The van der Waals surface area contributed by atoms with Crippen LogP contribution < -0.4 is 0 Å². The van der Waals surface area contributed by atoms with E-state index < -0.39 is 23.2 Å². The van der Waals surface area contributed by atoms with Crippen molar-refractivity contribution in [3.63, 3.8) is 0 Å². The Morgan fingerprint density at radius 1 is 1.12 bits per heavy atom. The maximum absolute atomic E-state index is 13.5. The number of hydrogen-bond donors (Lipinski definition) is 0. The first-order chi connectivity index (χ1) is 11.5. The van der Waals surface area contributed by atoms with Crippen molar-refractivity contribution in [1.82, 2.24) is 4.98 Å². The highest BCUT2D eigenvalue weighted by Gasteiger charge is 2.19. The van der Waals surface area contributed by atoms with Crippen LogP contribution in [0.5, 0.6) is 0 Å². The van der Waals surface area contributed by atoms with Gasteiger partial charge in [0.2, 0.25) is 5.89 Å². The van der Waals surface area contributed by atoms with Crippen molar-refractivity contribution < 1.29 is 22.7 Å². The molecule has 0 aliphatic carbocycles. The summed E-state index contributed by atoms with van der Waals surface area (Å²) in [5.41, 5.74) is -0.00777. The van der Waals surface area contributed by atoms with Crippen molar-refractivity contribution in [2.75, 3.05) is 0 Å². The van der Waals surface area contributed by atoms with Crippen molar-refractivity contribution in [3.05, 3.63) is 76.8 Å². The third-order valence-corrected chi connectivity index (χ3v) is 3.43. The molecule has 122 valence electrons. The van der Waals surface area contributed by atoms with Crippen molar-refractivity contribution in [3.8, 4) is 11.3 Å². The number of carbonyl (C=O) groups is 1. The Morgan fingerprint density at radius 3 is 2.46 bits per heavy atom. The molecule has 24 heavy (non-hydrogen) atoms. The second-order valence-electron chi connectivity index (χ2n) is 4.80. The second kappa shape index (κ2) is 6.80. The van der Waals surface area contributed by atoms with E-state index in [2.05, 4.69) is 4.98 Å². The summed E-state index contributed by atoms with van der Waals surface area (Å²) in [5.74, 6) is -2.56. The van der Waals surface area contributed by atoms with Crippen LogP contribution in [0.15, 0.2) is 53.1 Å². The molecule has 1 aromatic heterocycles. The van der Waals surface area contributed by atoms with Crippen LogP contribution in [0.4, 0.5) is 8.78 Å². The van der Waals surface area contributed by atoms with Gasteiger partial charge in [0.15, 0.2) is 12.4 Å². The topological polar surface area (TPSA) is 52.3 Å². The van der Waals surface area contributed by atoms with E-state index >= 15 is 0 Å². The molecule has 0 aliphatic heterocycles. The van der Waals surface area contributed by atoms with Crippen LogP contribution in [0.1, 0.15) is 16.2 Å². The molecule has 0 spiro atoms. The van der Waals surface area contributed by atoms with Gasteiger partial charge < -0.3 is 9.15 Å². The average molecular weight is 350 g/mol. The molecule has 0 bridgehead atoms. The lowest BCUT2D eigenvalue weighted by Crippen LogP contribution is -2.10. The van der Waals surface area contributed by atoms with Crippen LogP contribution in [0, 0.1) is 11.6 Å². The highest BCUT2D eigenvalue weighted by Crippen LogP contribution is 2.23. The predicted octanol–water partition coefficient (Wildman–Crippen LogP) is 4.63. The molecule has 0 saturated heterocycles. The fourth-order valence-corrected chi connectivity index (χ4v) is 2.14. The number of aromatic nitrogens is 1. The van der Waals surface area contributed by atoms with Crippen LogP contribution in [0.2, 0.25) is 5.02 Å². The normalized spacial score (nSPS) is 10.6. The molecule has 0 amide bonds. The first-order valence-electron chi connectivity index (χ1n) is 6.86. The standard InChI is InChI=1S/C17H10ClF2NO3/c18-11-6-4-10(5-7-11)14-8-21-15(24-14)9-23-17(22)16-12(19)2-1-3-13(16)20/h1-8H,9H2. The van der Waals surface area contributed by atoms with E-state index in [0.29, 0.717) is 10.8 Å². The minimum atomic E-state index is -1.13. The Labute approximate surface area is 140 Å². The van der Waals surface area contributed by atoms with Gasteiger partial charge in [-0.05, 0) is 36.4 Å². The van der Waals surface area contributed by atoms with Gasteiger partial charge >= 0.3 is 5.97 Å². The fourth-order valence-electron chi connectivity index (χ4n) is 2.02. The monoisotopic (exact) mass is 349 g/mol. The van der Waals surface area contributed by atoms with E-state index in [1.807, 2.05) is 0 Å². The summed E-state index contributed by atoms with van der Waals surface area (Å²) < 4.78 is 37.3. The number of oxazole rings is 1. The smallest absolute Gasteiger partial charge is 0.344 e. The van der Waals surface area contributed by atoms with Crippen molar-refractivity contribution >= 4 is 17.6 Å². The minimum Gasteiger partial charge on any atom is -0.452 e. The van der Waals surface area contributed by atoms with E-state index in [0.717, 1.165) is 23.8 Å². The van der Waals surface area contributed by atoms with Gasteiger partial charge in [-0.3, -0.25) is 0 Å². The van der Waals surface area contributed by atoms with Gasteiger partial charge in [0.25, 0.3) is 0 Å². The van der Waals surface area contributed by atoms with Crippen LogP contribution in [-0.4, -0.2) is 11.0 Å². The van der Waals surface area contributed by atoms with Gasteiger partial charge in [0.1, 0.15) is 17.2 Å². The maximum atomic E-state index is 13.5. The Hall–Kier alpha value is -2.73. The molecule has 2 aromatic carbocycles. The second-order valence-corrected chi connectivity index (χ2v) is 5.23. The van der Waals surface area contributed by atoms with Crippen molar-refractivity contribution in [2.45, 2.75) is 6.61 Å². The zero-order chi connectivity index (χ0) is 17.1. The van der Waals surface area contributed by atoms with Crippen LogP contribution in [0.3, 0.4) is 0 Å². The van der Waals surface area contributed by atoms with Crippen molar-refractivity contribution in [1.29, 1.82) is 0 Å². The molecular formula is C17H10ClF2NO3. The van der Waals surface area contributed by atoms with Crippen LogP contribution in [0.25, 0.3) is 11.3 Å². The lowest BCUT2D eigenvalue weighted by atomic mass is 10.2. The van der Waals surface area contributed by atoms with Gasteiger partial charge in [0.05, 0.1) is 6.20 Å². The first-order valence-corrected chi connectivity index (χ1v) is 7.24. The molecule has 4 nitrogen and oxygen atoms in total. The number of esters is 1. The molecule has 0 atom stereocenters. The zero-order valence-electron chi connectivity index (χ0n) is 12.1. The molecule has 0 aliphatic rings. The zero-order valence-corrected chi connectivity index (χ0v) is 12.9. The summed E-state index contributed by atoms with van der Waals surface area (Å²) >= 11 is 5.81. The Morgan fingerprint density at radius 2 is 1.79 bits per heavy atom. The molecule has 3 rings (SSSR count). The molecule has 0 unspecified atom stereocenters. The van der Waals surface area contributed by atoms with E-state index in [1.54, 1.807) is 24.3 Å². The molecule has 0 radical (unpaired) electrons. The number of ether oxygens (including phenoxy) is 1. The number of halogens is 3. The van der Waals surface area contributed by atoms with E-state index in [-0.39, 0.29) is 12.5 Å². The molecule has 0 fully saturated rings. The number of rotatable bonds is 4. The predicted molar refractivity (Wildman–Crippen MR) is 82.4 cm³/mol. The third-order valence-electron chi connectivity index (χ3n) is 3.18. The number of carbonyl (C=O) groups excluding carboxylic acids is 1. The van der Waals surface area contributed by atoms with E-state index in [1.165, 1.54) is 6.20 Å². The number of nitrogens with zero attached hydrogens (tertiary/aromatic N) is 1. The molecular weight excluding hydrogens is 340 g/mol. The van der Waals surface area contributed by atoms with Gasteiger partial charge in [0, 0.05) is 10.6 Å². The van der Waals surface area contributed by atoms with Gasteiger partial charge in [-0.2, -0.15) is 0 Å². The molecule has 1 heterocycles. The first kappa shape index (κ1) is 16.1. The molecule has 0 N–H and O–H groups in total. The summed E-state index contributed by atoms with van der Waals surface area (Å²) in [4.78, 5) is 15.7. The number of benzene rings is 2. The van der Waals surface area contributed by atoms with E-state index in [4.69, 9.17) is 20.8 Å². The van der Waals surface area contributed by atoms with Crippen molar-refractivity contribution in [2.24, 2.45) is 0 Å². The Balaban J connectivity index is 1.69. The highest BCUT2D eigenvalue weighted by molar-refractivity contribution is 6.30. The lowest BCUT2D eigenvalue weighted by molar-refractivity contribution is 0.0428. The average Bonchev–Trinajstić information content (AvgIpc) is 3.02.